The molecule has 0 aliphatic heterocycles. The normalized spacial score (nSPS) is 11.8. The van der Waals surface area contributed by atoms with E-state index in [4.69, 9.17) is 4.74 Å². The average molecular weight is 399 g/mol. The van der Waals surface area contributed by atoms with Crippen LogP contribution in [0.1, 0.15) is 12.5 Å². The van der Waals surface area contributed by atoms with Crippen molar-refractivity contribution in [1.29, 1.82) is 0 Å². The first-order valence-electron chi connectivity index (χ1n) is 8.40. The Bertz CT molecular complexity index is 1290. The van der Waals surface area contributed by atoms with E-state index in [1.807, 2.05) is 6.92 Å². The summed E-state index contributed by atoms with van der Waals surface area (Å²) < 4.78 is 33.7. The summed E-state index contributed by atoms with van der Waals surface area (Å²) in [6.45, 7) is 3.16. The number of rotatable bonds is 5. The highest BCUT2D eigenvalue weighted by Crippen LogP contribution is 2.26. The lowest BCUT2D eigenvalue weighted by atomic mass is 10.2. The summed E-state index contributed by atoms with van der Waals surface area (Å²) in [7, 11) is -3.80. The van der Waals surface area contributed by atoms with E-state index < -0.39 is 16.0 Å². The van der Waals surface area contributed by atoms with Crippen molar-refractivity contribution in [3.8, 4) is 0 Å². The van der Waals surface area contributed by atoms with Crippen LogP contribution in [0.3, 0.4) is 0 Å². The highest BCUT2D eigenvalue weighted by molar-refractivity contribution is 7.90. The van der Waals surface area contributed by atoms with Gasteiger partial charge in [0, 0.05) is 18.5 Å². The molecule has 10 heteroatoms. The number of pyridine rings is 1. The maximum atomic E-state index is 13.1. The average Bonchev–Trinajstić information content (AvgIpc) is 3.26. The monoisotopic (exact) mass is 399 g/mol. The molecular formula is C18H17N5O4S. The number of fused-ring (bicyclic) bond motifs is 3. The summed E-state index contributed by atoms with van der Waals surface area (Å²) in [5, 5.41) is 0.598. The van der Waals surface area contributed by atoms with Gasteiger partial charge in [-0.25, -0.2) is 27.0 Å². The minimum absolute atomic E-state index is 0.0486. The van der Waals surface area contributed by atoms with Gasteiger partial charge in [0.15, 0.2) is 12.4 Å². The van der Waals surface area contributed by atoms with Crippen LogP contribution >= 0.6 is 0 Å². The summed E-state index contributed by atoms with van der Waals surface area (Å²) in [5.74, 6) is -0.418. The fourth-order valence-electron chi connectivity index (χ4n) is 2.91. The predicted octanol–water partition coefficient (Wildman–Crippen LogP) is 2.00. The van der Waals surface area contributed by atoms with E-state index in [0.717, 1.165) is 9.54 Å². The molecule has 1 aromatic carbocycles. The molecule has 0 unspecified atom stereocenters. The van der Waals surface area contributed by atoms with Gasteiger partial charge in [-0.1, -0.05) is 17.7 Å². The van der Waals surface area contributed by atoms with Gasteiger partial charge in [-0.05, 0) is 25.1 Å². The van der Waals surface area contributed by atoms with Gasteiger partial charge in [0.25, 0.3) is 10.0 Å². The third-order valence-electron chi connectivity index (χ3n) is 4.27. The Morgan fingerprint density at radius 2 is 1.93 bits per heavy atom. The summed E-state index contributed by atoms with van der Waals surface area (Å²) in [5.41, 5.74) is 5.37. The molecule has 28 heavy (non-hydrogen) atoms. The number of hydrogen-bond acceptors (Lipinski definition) is 7. The maximum absolute atomic E-state index is 13.1. The smallest absolute Gasteiger partial charge is 0.304 e. The highest BCUT2D eigenvalue weighted by atomic mass is 32.2. The number of carbonyl (C=O) groups is 1. The van der Waals surface area contributed by atoms with Crippen LogP contribution in [0, 0.1) is 6.92 Å². The van der Waals surface area contributed by atoms with E-state index >= 15 is 0 Å². The molecule has 1 N–H and O–H groups in total. The number of benzene rings is 1. The zero-order valence-corrected chi connectivity index (χ0v) is 16.0. The number of imidazole rings is 1. The highest BCUT2D eigenvalue weighted by Gasteiger charge is 2.21. The second kappa shape index (κ2) is 6.64. The Kier molecular flexibility index (Phi) is 4.27. The van der Waals surface area contributed by atoms with Crippen LogP contribution in [0.4, 0.5) is 0 Å². The van der Waals surface area contributed by atoms with Gasteiger partial charge < -0.3 is 4.74 Å². The number of carbonyl (C=O) groups excluding carboxylic acids is 1. The second-order valence-electron chi connectivity index (χ2n) is 6.21. The van der Waals surface area contributed by atoms with Crippen LogP contribution in [0.15, 0.2) is 53.9 Å². The number of hydrogen-bond donors (Lipinski definition) is 1. The lowest BCUT2D eigenvalue weighted by Crippen LogP contribution is -2.19. The van der Waals surface area contributed by atoms with E-state index in [2.05, 4.69) is 15.4 Å². The molecule has 0 spiro atoms. The van der Waals surface area contributed by atoms with Crippen molar-refractivity contribution in [2.24, 2.45) is 0 Å². The molecule has 0 amide bonds. The summed E-state index contributed by atoms with van der Waals surface area (Å²) in [6.07, 6.45) is 4.49. The Morgan fingerprint density at radius 1 is 1.18 bits per heavy atom. The first-order valence-corrected chi connectivity index (χ1v) is 9.84. The van der Waals surface area contributed by atoms with Gasteiger partial charge >= 0.3 is 5.97 Å². The Hall–Kier alpha value is -3.40. The van der Waals surface area contributed by atoms with Crippen molar-refractivity contribution in [3.63, 3.8) is 0 Å². The molecule has 144 valence electrons. The first kappa shape index (κ1) is 18.0. The molecule has 0 atom stereocenters. The Morgan fingerprint density at radius 3 is 2.64 bits per heavy atom. The SMILES string of the molecule is CC(=O)OCNn1cnc2cnc3c(ccn3S(=O)(=O)c3ccc(C)cc3)c21. The molecule has 0 bridgehead atoms. The van der Waals surface area contributed by atoms with E-state index in [1.54, 1.807) is 35.0 Å². The van der Waals surface area contributed by atoms with E-state index in [9.17, 15) is 13.2 Å². The zero-order chi connectivity index (χ0) is 19.9. The van der Waals surface area contributed by atoms with Gasteiger partial charge in [-0.2, -0.15) is 0 Å². The van der Waals surface area contributed by atoms with Gasteiger partial charge in [0.05, 0.1) is 11.1 Å². The van der Waals surface area contributed by atoms with E-state index in [-0.39, 0.29) is 17.3 Å². The van der Waals surface area contributed by atoms with E-state index in [0.29, 0.717) is 16.4 Å². The number of aryl methyl sites for hydroxylation is 1. The van der Waals surface area contributed by atoms with Gasteiger partial charge in [-0.3, -0.25) is 10.2 Å². The van der Waals surface area contributed by atoms with Crippen LogP contribution in [0.5, 0.6) is 0 Å². The fraction of sp³-hybridized carbons (Fsp3) is 0.167. The first-order chi connectivity index (χ1) is 13.4. The molecule has 0 saturated carbocycles. The van der Waals surface area contributed by atoms with Crippen molar-refractivity contribution in [2.75, 3.05) is 12.2 Å². The van der Waals surface area contributed by atoms with E-state index in [1.165, 1.54) is 25.6 Å². The number of esters is 1. The molecule has 3 heterocycles. The minimum atomic E-state index is -3.80. The lowest BCUT2D eigenvalue weighted by molar-refractivity contribution is -0.140. The number of nitrogens with zero attached hydrogens (tertiary/aromatic N) is 4. The zero-order valence-electron chi connectivity index (χ0n) is 15.2. The topological polar surface area (TPSA) is 108 Å². The summed E-state index contributed by atoms with van der Waals surface area (Å²) >= 11 is 0. The Balaban J connectivity index is 1.82. The molecule has 4 aromatic rings. The second-order valence-corrected chi connectivity index (χ2v) is 8.03. The van der Waals surface area contributed by atoms with Crippen molar-refractivity contribution in [2.45, 2.75) is 18.7 Å². The molecule has 3 aromatic heterocycles. The maximum Gasteiger partial charge on any atom is 0.304 e. The summed E-state index contributed by atoms with van der Waals surface area (Å²) in [4.78, 5) is 19.7. The number of nitrogens with one attached hydrogen (secondary N) is 1. The molecule has 0 aliphatic rings. The number of ether oxygens (including phenoxy) is 1. The third kappa shape index (κ3) is 2.97. The fourth-order valence-corrected chi connectivity index (χ4v) is 4.21. The van der Waals surface area contributed by atoms with Crippen molar-refractivity contribution in [3.05, 3.63) is 54.6 Å². The third-order valence-corrected chi connectivity index (χ3v) is 5.95. The van der Waals surface area contributed by atoms with Gasteiger partial charge in [0.1, 0.15) is 17.4 Å². The van der Waals surface area contributed by atoms with Crippen LogP contribution in [-0.4, -0.2) is 39.7 Å². The minimum Gasteiger partial charge on any atom is -0.443 e. The van der Waals surface area contributed by atoms with Crippen LogP contribution < -0.4 is 5.43 Å². The van der Waals surface area contributed by atoms with Gasteiger partial charge in [-0.15, -0.1) is 0 Å². The van der Waals surface area contributed by atoms with Crippen LogP contribution in [-0.2, 0) is 19.6 Å². The molecule has 0 aliphatic carbocycles. The Labute approximate surface area is 160 Å². The van der Waals surface area contributed by atoms with Crippen molar-refractivity contribution in [1.82, 2.24) is 18.6 Å². The van der Waals surface area contributed by atoms with Crippen molar-refractivity contribution >= 4 is 38.1 Å². The van der Waals surface area contributed by atoms with Crippen LogP contribution in [0.2, 0.25) is 0 Å². The standard InChI is InChI=1S/C18H17N5O4S/c1-12-3-5-14(6-4-12)28(25,26)23-8-7-15-17-16(9-19-18(15)23)20-10-22(17)21-11-27-13(2)24/h3-10,21H,11H2,1-2H3. The molecule has 0 saturated heterocycles. The molecule has 0 radical (unpaired) electrons. The largest absolute Gasteiger partial charge is 0.443 e. The molecule has 4 rings (SSSR count). The van der Waals surface area contributed by atoms with Crippen molar-refractivity contribution < 1.29 is 17.9 Å². The van der Waals surface area contributed by atoms with Gasteiger partial charge in [0.2, 0.25) is 0 Å². The predicted molar refractivity (Wildman–Crippen MR) is 103 cm³/mol. The van der Waals surface area contributed by atoms with Crippen LogP contribution in [0.25, 0.3) is 22.1 Å². The molecule has 0 fully saturated rings. The lowest BCUT2D eigenvalue weighted by Gasteiger charge is -2.09. The summed E-state index contributed by atoms with van der Waals surface area (Å²) in [6, 6.07) is 8.30. The molecular weight excluding hydrogens is 382 g/mol. The quantitative estimate of drug-likeness (QED) is 0.404. The number of aromatic nitrogens is 4. The molecule has 9 nitrogen and oxygen atoms in total.